The monoisotopic (exact) mass is 287 g/mol. The van der Waals surface area contributed by atoms with Gasteiger partial charge in [-0.2, -0.15) is 0 Å². The fourth-order valence-corrected chi connectivity index (χ4v) is 3.64. The molecule has 2 fully saturated rings. The summed E-state index contributed by atoms with van der Waals surface area (Å²) in [7, 11) is 0. The Morgan fingerprint density at radius 2 is 2.00 bits per heavy atom. The van der Waals surface area contributed by atoms with E-state index in [4.69, 9.17) is 0 Å². The lowest BCUT2D eigenvalue weighted by Gasteiger charge is -2.19. The molecule has 92 valence electrons. The van der Waals surface area contributed by atoms with Crippen LogP contribution >= 0.6 is 15.9 Å². The molecular weight excluding hydrogens is 266 g/mol. The van der Waals surface area contributed by atoms with Gasteiger partial charge in [0.15, 0.2) is 0 Å². The van der Waals surface area contributed by atoms with Crippen molar-refractivity contribution in [1.82, 2.24) is 5.32 Å². The SMILES string of the molecule is CC(C(=O)NCC1CCCC1CBr)C1CC1. The highest BCUT2D eigenvalue weighted by atomic mass is 79.9. The van der Waals surface area contributed by atoms with Crippen molar-refractivity contribution in [2.45, 2.75) is 39.0 Å². The lowest BCUT2D eigenvalue weighted by atomic mass is 9.97. The lowest BCUT2D eigenvalue weighted by molar-refractivity contribution is -0.125. The van der Waals surface area contributed by atoms with Gasteiger partial charge in [0.05, 0.1) is 0 Å². The van der Waals surface area contributed by atoms with E-state index >= 15 is 0 Å². The Morgan fingerprint density at radius 3 is 2.62 bits per heavy atom. The third-order valence-corrected chi connectivity index (χ3v) is 5.13. The second kappa shape index (κ2) is 5.52. The average Bonchev–Trinajstić information content (AvgIpc) is 3.04. The van der Waals surface area contributed by atoms with E-state index in [1.54, 1.807) is 0 Å². The highest BCUT2D eigenvalue weighted by Crippen LogP contribution is 2.37. The number of amides is 1. The molecule has 2 nitrogen and oxygen atoms in total. The van der Waals surface area contributed by atoms with E-state index in [0.717, 1.165) is 17.8 Å². The molecule has 3 unspecified atom stereocenters. The van der Waals surface area contributed by atoms with Crippen LogP contribution in [0.1, 0.15) is 39.0 Å². The molecule has 0 saturated heterocycles. The normalized spacial score (nSPS) is 31.4. The minimum absolute atomic E-state index is 0.240. The highest BCUT2D eigenvalue weighted by Gasteiger charge is 2.33. The molecule has 0 aromatic carbocycles. The smallest absolute Gasteiger partial charge is 0.223 e. The predicted octanol–water partition coefficient (Wildman–Crippen LogP) is 2.96. The zero-order valence-electron chi connectivity index (χ0n) is 10.0. The van der Waals surface area contributed by atoms with E-state index in [9.17, 15) is 4.79 Å². The third kappa shape index (κ3) is 2.99. The maximum absolute atomic E-state index is 11.9. The first-order valence-corrected chi connectivity index (χ1v) is 7.68. The Balaban J connectivity index is 1.71. The standard InChI is InChI=1S/C13H22BrNO/c1-9(10-5-6-10)13(16)15-8-12-4-2-3-11(12)7-14/h9-12H,2-8H2,1H3,(H,15,16). The van der Waals surface area contributed by atoms with E-state index in [1.807, 2.05) is 0 Å². The largest absolute Gasteiger partial charge is 0.356 e. The van der Waals surface area contributed by atoms with Gasteiger partial charge in [-0.15, -0.1) is 0 Å². The summed E-state index contributed by atoms with van der Waals surface area (Å²) >= 11 is 3.57. The average molecular weight is 288 g/mol. The molecule has 0 spiro atoms. The summed E-state index contributed by atoms with van der Waals surface area (Å²) in [5, 5.41) is 4.24. The van der Waals surface area contributed by atoms with Gasteiger partial charge in [0, 0.05) is 17.8 Å². The first-order valence-electron chi connectivity index (χ1n) is 6.56. The molecule has 2 rings (SSSR count). The molecule has 2 aliphatic carbocycles. The van der Waals surface area contributed by atoms with Crippen molar-refractivity contribution < 1.29 is 4.79 Å². The predicted molar refractivity (Wildman–Crippen MR) is 69.5 cm³/mol. The number of nitrogens with one attached hydrogen (secondary N) is 1. The van der Waals surface area contributed by atoms with Crippen LogP contribution in [0.3, 0.4) is 0 Å². The second-order valence-corrected chi connectivity index (χ2v) is 6.12. The van der Waals surface area contributed by atoms with Crippen LogP contribution in [0.2, 0.25) is 0 Å². The van der Waals surface area contributed by atoms with Gasteiger partial charge >= 0.3 is 0 Å². The van der Waals surface area contributed by atoms with Crippen LogP contribution in [-0.2, 0) is 4.79 Å². The molecule has 16 heavy (non-hydrogen) atoms. The topological polar surface area (TPSA) is 29.1 Å². The zero-order valence-corrected chi connectivity index (χ0v) is 11.6. The van der Waals surface area contributed by atoms with Gasteiger partial charge < -0.3 is 5.32 Å². The van der Waals surface area contributed by atoms with Crippen molar-refractivity contribution in [3.63, 3.8) is 0 Å². The van der Waals surface area contributed by atoms with Crippen molar-refractivity contribution in [1.29, 1.82) is 0 Å². The van der Waals surface area contributed by atoms with E-state index in [0.29, 0.717) is 11.8 Å². The van der Waals surface area contributed by atoms with Crippen molar-refractivity contribution in [3.05, 3.63) is 0 Å². The van der Waals surface area contributed by atoms with E-state index < -0.39 is 0 Å². The lowest BCUT2D eigenvalue weighted by Crippen LogP contribution is -2.35. The molecule has 3 atom stereocenters. The van der Waals surface area contributed by atoms with E-state index in [-0.39, 0.29) is 11.8 Å². The summed E-state index contributed by atoms with van der Waals surface area (Å²) < 4.78 is 0. The molecule has 1 amide bonds. The first-order chi connectivity index (χ1) is 7.72. The summed E-state index contributed by atoms with van der Waals surface area (Å²) in [6.45, 7) is 2.97. The number of hydrogen-bond donors (Lipinski definition) is 1. The van der Waals surface area contributed by atoms with Crippen molar-refractivity contribution >= 4 is 21.8 Å². The van der Waals surface area contributed by atoms with Crippen LogP contribution in [0, 0.1) is 23.7 Å². The molecule has 0 heterocycles. The van der Waals surface area contributed by atoms with Crippen molar-refractivity contribution in [3.8, 4) is 0 Å². The molecule has 0 aromatic rings. The summed E-state index contributed by atoms with van der Waals surface area (Å²) in [6, 6.07) is 0. The van der Waals surface area contributed by atoms with Gasteiger partial charge in [-0.1, -0.05) is 29.3 Å². The molecular formula is C13H22BrNO. The van der Waals surface area contributed by atoms with Crippen LogP contribution in [0.15, 0.2) is 0 Å². The molecule has 1 N–H and O–H groups in total. The molecule has 0 bridgehead atoms. The minimum atomic E-state index is 0.240. The Labute approximate surface area is 107 Å². The zero-order chi connectivity index (χ0) is 11.5. The summed E-state index contributed by atoms with van der Waals surface area (Å²) in [6.07, 6.45) is 6.44. The minimum Gasteiger partial charge on any atom is -0.356 e. The van der Waals surface area contributed by atoms with Crippen molar-refractivity contribution in [2.75, 3.05) is 11.9 Å². The Hall–Kier alpha value is -0.0500. The fourth-order valence-electron chi connectivity index (χ4n) is 2.79. The molecule has 0 aliphatic heterocycles. The molecule has 2 saturated carbocycles. The van der Waals surface area contributed by atoms with Gasteiger partial charge in [0.2, 0.25) is 5.91 Å². The molecule has 0 aromatic heterocycles. The van der Waals surface area contributed by atoms with Crippen LogP contribution in [-0.4, -0.2) is 17.8 Å². The Morgan fingerprint density at radius 1 is 1.31 bits per heavy atom. The Bertz CT molecular complexity index is 252. The number of hydrogen-bond acceptors (Lipinski definition) is 1. The van der Waals surface area contributed by atoms with Crippen LogP contribution < -0.4 is 5.32 Å². The fraction of sp³-hybridized carbons (Fsp3) is 0.923. The third-order valence-electron chi connectivity index (χ3n) is 4.30. The van der Waals surface area contributed by atoms with Crippen LogP contribution in [0.4, 0.5) is 0 Å². The van der Waals surface area contributed by atoms with Crippen LogP contribution in [0.25, 0.3) is 0 Å². The number of carbonyl (C=O) groups excluding carboxylic acids is 1. The maximum Gasteiger partial charge on any atom is 0.223 e. The van der Waals surface area contributed by atoms with E-state index in [1.165, 1.54) is 32.1 Å². The molecule has 2 aliphatic rings. The van der Waals surface area contributed by atoms with Gasteiger partial charge in [-0.3, -0.25) is 4.79 Å². The van der Waals surface area contributed by atoms with Crippen molar-refractivity contribution in [2.24, 2.45) is 23.7 Å². The van der Waals surface area contributed by atoms with Gasteiger partial charge in [0.25, 0.3) is 0 Å². The van der Waals surface area contributed by atoms with E-state index in [2.05, 4.69) is 28.2 Å². The summed E-state index contributed by atoms with van der Waals surface area (Å²) in [5.41, 5.74) is 0. The molecule has 3 heteroatoms. The number of halogens is 1. The highest BCUT2D eigenvalue weighted by molar-refractivity contribution is 9.09. The maximum atomic E-state index is 11.9. The van der Waals surface area contributed by atoms with Gasteiger partial charge in [-0.25, -0.2) is 0 Å². The summed E-state index contributed by atoms with van der Waals surface area (Å²) in [4.78, 5) is 11.9. The quantitative estimate of drug-likeness (QED) is 0.774. The summed E-state index contributed by atoms with van der Waals surface area (Å²) in [5.74, 6) is 2.67. The van der Waals surface area contributed by atoms with Gasteiger partial charge in [-0.05, 0) is 43.4 Å². The number of alkyl halides is 1. The van der Waals surface area contributed by atoms with Gasteiger partial charge in [0.1, 0.15) is 0 Å². The first kappa shape index (κ1) is 12.4. The Kier molecular flexibility index (Phi) is 4.28. The van der Waals surface area contributed by atoms with Crippen LogP contribution in [0.5, 0.6) is 0 Å². The second-order valence-electron chi connectivity index (χ2n) is 5.48. The number of rotatable bonds is 5. The number of carbonyl (C=O) groups is 1. The molecule has 0 radical (unpaired) electrons.